The van der Waals surface area contributed by atoms with Gasteiger partial charge in [-0.05, 0) is 61.9 Å². The Kier molecular flexibility index (Phi) is 4.24. The molecule has 2 N–H and O–H groups in total. The quantitative estimate of drug-likeness (QED) is 0.862. The molecule has 88 valence electrons. The van der Waals surface area contributed by atoms with Gasteiger partial charge in [0.25, 0.3) is 0 Å². The number of rotatable bonds is 4. The average molecular weight is 284 g/mol. The van der Waals surface area contributed by atoms with Gasteiger partial charge in [-0.25, -0.2) is 0 Å². The first-order valence-electron chi connectivity index (χ1n) is 5.95. The second-order valence-electron chi connectivity index (χ2n) is 4.25. The van der Waals surface area contributed by atoms with Crippen LogP contribution >= 0.6 is 15.9 Å². The maximum Gasteiger partial charge on any atom is 0.125 e. The van der Waals surface area contributed by atoms with Crippen LogP contribution in [0.15, 0.2) is 16.6 Å². The first kappa shape index (κ1) is 11.9. The van der Waals surface area contributed by atoms with Crippen molar-refractivity contribution >= 4 is 15.9 Å². The number of hydrogen-bond acceptors (Lipinski definition) is 2. The maximum atomic E-state index is 5.79. The predicted molar refractivity (Wildman–Crippen MR) is 70.0 cm³/mol. The van der Waals surface area contributed by atoms with Crippen LogP contribution in [0.2, 0.25) is 0 Å². The van der Waals surface area contributed by atoms with Gasteiger partial charge in [0.2, 0.25) is 0 Å². The van der Waals surface area contributed by atoms with E-state index in [1.165, 1.54) is 15.6 Å². The van der Waals surface area contributed by atoms with Crippen molar-refractivity contribution in [3.05, 3.63) is 27.7 Å². The molecule has 1 aromatic carbocycles. The standard InChI is InChI=1S/C13H18BrNO/c14-12-8-10(4-1-2-6-15)13-11(9-12)5-3-7-16-13/h8-9H,1-7,15H2. The van der Waals surface area contributed by atoms with E-state index in [4.69, 9.17) is 10.5 Å². The van der Waals surface area contributed by atoms with E-state index in [0.29, 0.717) is 0 Å². The van der Waals surface area contributed by atoms with Crippen LogP contribution in [0.5, 0.6) is 5.75 Å². The summed E-state index contributed by atoms with van der Waals surface area (Å²) in [6.45, 7) is 1.63. The number of hydrogen-bond donors (Lipinski definition) is 1. The van der Waals surface area contributed by atoms with Gasteiger partial charge in [0.15, 0.2) is 0 Å². The summed E-state index contributed by atoms with van der Waals surface area (Å²) in [4.78, 5) is 0. The normalized spacial score (nSPS) is 14.4. The summed E-state index contributed by atoms with van der Waals surface area (Å²) in [5.41, 5.74) is 8.20. The highest BCUT2D eigenvalue weighted by Gasteiger charge is 2.15. The molecule has 0 bridgehead atoms. The zero-order valence-corrected chi connectivity index (χ0v) is 11.1. The van der Waals surface area contributed by atoms with Gasteiger partial charge < -0.3 is 10.5 Å². The third kappa shape index (κ3) is 2.77. The summed E-state index contributed by atoms with van der Waals surface area (Å²) < 4.78 is 6.95. The predicted octanol–water partition coefficient (Wildman–Crippen LogP) is 3.06. The molecule has 0 radical (unpaired) electrons. The fourth-order valence-corrected chi connectivity index (χ4v) is 2.72. The molecule has 2 rings (SSSR count). The molecule has 0 atom stereocenters. The lowest BCUT2D eigenvalue weighted by atomic mass is 9.99. The molecule has 1 aromatic rings. The van der Waals surface area contributed by atoms with Crippen molar-refractivity contribution in [1.29, 1.82) is 0 Å². The first-order chi connectivity index (χ1) is 7.81. The number of nitrogens with two attached hydrogens (primary N) is 1. The summed E-state index contributed by atoms with van der Waals surface area (Å²) in [6.07, 6.45) is 5.56. The molecule has 0 saturated carbocycles. The monoisotopic (exact) mass is 283 g/mol. The molecule has 2 nitrogen and oxygen atoms in total. The molecule has 0 aliphatic carbocycles. The molecule has 0 amide bonds. The van der Waals surface area contributed by atoms with E-state index >= 15 is 0 Å². The number of unbranched alkanes of at least 4 members (excludes halogenated alkanes) is 1. The van der Waals surface area contributed by atoms with E-state index in [9.17, 15) is 0 Å². The summed E-state index contributed by atoms with van der Waals surface area (Å²) in [5, 5.41) is 0. The second-order valence-corrected chi connectivity index (χ2v) is 5.17. The number of fused-ring (bicyclic) bond motifs is 1. The Bertz CT molecular complexity index is 365. The first-order valence-corrected chi connectivity index (χ1v) is 6.74. The molecule has 0 aromatic heterocycles. The summed E-state index contributed by atoms with van der Waals surface area (Å²) in [5.74, 6) is 1.13. The average Bonchev–Trinajstić information content (AvgIpc) is 2.29. The Hall–Kier alpha value is -0.540. The van der Waals surface area contributed by atoms with E-state index in [2.05, 4.69) is 28.1 Å². The number of aryl methyl sites for hydroxylation is 2. The van der Waals surface area contributed by atoms with Crippen LogP contribution in [0, 0.1) is 0 Å². The topological polar surface area (TPSA) is 35.2 Å². The van der Waals surface area contributed by atoms with E-state index in [1.54, 1.807) is 0 Å². The Morgan fingerprint density at radius 1 is 1.31 bits per heavy atom. The number of ether oxygens (including phenoxy) is 1. The summed E-state index contributed by atoms with van der Waals surface area (Å²) in [7, 11) is 0. The van der Waals surface area contributed by atoms with Crippen molar-refractivity contribution in [2.75, 3.05) is 13.2 Å². The van der Waals surface area contributed by atoms with Crippen molar-refractivity contribution in [3.8, 4) is 5.75 Å². The van der Waals surface area contributed by atoms with Gasteiger partial charge >= 0.3 is 0 Å². The van der Waals surface area contributed by atoms with Crippen LogP contribution in [-0.2, 0) is 12.8 Å². The molecule has 0 unspecified atom stereocenters. The minimum absolute atomic E-state index is 0.775. The van der Waals surface area contributed by atoms with Gasteiger partial charge in [0.05, 0.1) is 6.61 Å². The van der Waals surface area contributed by atoms with Gasteiger partial charge in [0.1, 0.15) is 5.75 Å². The third-order valence-electron chi connectivity index (χ3n) is 2.94. The lowest BCUT2D eigenvalue weighted by Crippen LogP contribution is -2.11. The largest absolute Gasteiger partial charge is 0.493 e. The fraction of sp³-hybridized carbons (Fsp3) is 0.538. The zero-order valence-electron chi connectivity index (χ0n) is 9.47. The summed E-state index contributed by atoms with van der Waals surface area (Å²) in [6, 6.07) is 4.36. The Morgan fingerprint density at radius 3 is 3.00 bits per heavy atom. The molecule has 3 heteroatoms. The minimum atomic E-state index is 0.775. The SMILES string of the molecule is NCCCCc1cc(Br)cc2c1OCCC2. The molecule has 0 fully saturated rings. The highest BCUT2D eigenvalue weighted by atomic mass is 79.9. The molecule has 0 spiro atoms. The zero-order chi connectivity index (χ0) is 11.4. The minimum Gasteiger partial charge on any atom is -0.493 e. The maximum absolute atomic E-state index is 5.79. The highest BCUT2D eigenvalue weighted by Crippen LogP contribution is 2.33. The van der Waals surface area contributed by atoms with E-state index < -0.39 is 0 Å². The van der Waals surface area contributed by atoms with Crippen LogP contribution in [0.25, 0.3) is 0 Å². The Morgan fingerprint density at radius 2 is 2.19 bits per heavy atom. The van der Waals surface area contributed by atoms with Crippen LogP contribution in [0.4, 0.5) is 0 Å². The van der Waals surface area contributed by atoms with Crippen LogP contribution in [0.1, 0.15) is 30.4 Å². The fourth-order valence-electron chi connectivity index (χ4n) is 2.17. The molecule has 1 aliphatic heterocycles. The van der Waals surface area contributed by atoms with Crippen molar-refractivity contribution in [1.82, 2.24) is 0 Å². The molecular formula is C13H18BrNO. The Balaban J connectivity index is 2.18. The molecule has 1 aliphatic rings. The van der Waals surface area contributed by atoms with Crippen LogP contribution in [-0.4, -0.2) is 13.2 Å². The third-order valence-corrected chi connectivity index (χ3v) is 3.40. The van der Waals surface area contributed by atoms with Crippen LogP contribution < -0.4 is 10.5 Å². The number of benzene rings is 1. The lowest BCUT2D eigenvalue weighted by Gasteiger charge is -2.21. The highest BCUT2D eigenvalue weighted by molar-refractivity contribution is 9.10. The van der Waals surface area contributed by atoms with Crippen molar-refractivity contribution in [3.63, 3.8) is 0 Å². The van der Waals surface area contributed by atoms with Gasteiger partial charge in [-0.15, -0.1) is 0 Å². The molecular weight excluding hydrogens is 266 g/mol. The van der Waals surface area contributed by atoms with Crippen LogP contribution in [0.3, 0.4) is 0 Å². The van der Waals surface area contributed by atoms with E-state index in [1.807, 2.05) is 0 Å². The molecule has 0 saturated heterocycles. The van der Waals surface area contributed by atoms with Crippen molar-refractivity contribution < 1.29 is 4.74 Å². The van der Waals surface area contributed by atoms with Crippen molar-refractivity contribution in [2.24, 2.45) is 5.73 Å². The lowest BCUT2D eigenvalue weighted by molar-refractivity contribution is 0.285. The molecule has 16 heavy (non-hydrogen) atoms. The van der Waals surface area contributed by atoms with Crippen molar-refractivity contribution in [2.45, 2.75) is 32.1 Å². The number of halogens is 1. The smallest absolute Gasteiger partial charge is 0.125 e. The Labute approximate surface area is 105 Å². The van der Waals surface area contributed by atoms with Gasteiger partial charge in [0, 0.05) is 4.47 Å². The van der Waals surface area contributed by atoms with Gasteiger partial charge in [-0.1, -0.05) is 15.9 Å². The summed E-state index contributed by atoms with van der Waals surface area (Å²) >= 11 is 3.57. The van der Waals surface area contributed by atoms with Gasteiger partial charge in [-0.3, -0.25) is 0 Å². The van der Waals surface area contributed by atoms with E-state index in [0.717, 1.165) is 51.0 Å². The molecule has 1 heterocycles. The second kappa shape index (κ2) is 5.69. The van der Waals surface area contributed by atoms with Gasteiger partial charge in [-0.2, -0.15) is 0 Å². The van der Waals surface area contributed by atoms with E-state index in [-0.39, 0.29) is 0 Å².